The molecule has 5 heterocycles. The summed E-state index contributed by atoms with van der Waals surface area (Å²) in [5, 5.41) is -0.0476. The van der Waals surface area contributed by atoms with E-state index in [4.69, 9.17) is 25.8 Å². The van der Waals surface area contributed by atoms with Crippen LogP contribution in [0, 0.1) is 17.8 Å². The molecule has 4 fully saturated rings. The van der Waals surface area contributed by atoms with Crippen LogP contribution in [0.3, 0.4) is 0 Å². The number of piperidine rings is 1. The van der Waals surface area contributed by atoms with Crippen LogP contribution in [-0.4, -0.2) is 132 Å². The third-order valence-electron chi connectivity index (χ3n) is 14.5. The molecule has 2 aromatic carbocycles. The van der Waals surface area contributed by atoms with Gasteiger partial charge in [0.05, 0.1) is 24.2 Å². The standard InChI is InChI=1S/C46H66ClN5O6S/c1-34-8-7-18-46(56-2,33-50-22-23-51-19-6-4-10-40(51)31-50)41-15-12-37(41)30-52-20-5-3-9-35-28-39(47)14-11-38(35)32-58-43-16-13-36(29-42(43)52)45(53)48-59(54,55)44(34)17-21-49-24-26-57-27-25-49/h7,11,13-14,16,18,28-29,34,37,40-41,44H,3-6,8-10,12,15,17,19-27,30-33H2,1-2H3,(H,48,53)/b18-7+/t34-,37-,40+,41+,44+,46-/m0/s1. The normalized spacial score (nSPS) is 31.9. The fourth-order valence-corrected chi connectivity index (χ4v) is 12.7. The van der Waals surface area contributed by atoms with E-state index in [-0.39, 0.29) is 11.8 Å². The lowest BCUT2D eigenvalue weighted by Gasteiger charge is -2.53. The van der Waals surface area contributed by atoms with Crippen LogP contribution in [0.25, 0.3) is 0 Å². The summed E-state index contributed by atoms with van der Waals surface area (Å²) < 4.78 is 50.4. The maximum atomic E-state index is 14.4. The smallest absolute Gasteiger partial charge is 0.264 e. The fraction of sp³-hybridized carbons (Fsp3) is 0.674. The van der Waals surface area contributed by atoms with Crippen molar-refractivity contribution in [3.63, 3.8) is 0 Å². The number of fused-ring (bicyclic) bond motifs is 4. The molecule has 1 amide bonds. The van der Waals surface area contributed by atoms with E-state index >= 15 is 0 Å². The number of aryl methyl sites for hydroxylation is 1. The predicted molar refractivity (Wildman–Crippen MR) is 234 cm³/mol. The number of benzene rings is 2. The number of rotatable bonds is 6. The van der Waals surface area contributed by atoms with Crippen molar-refractivity contribution in [3.8, 4) is 5.75 Å². The number of amides is 1. The Morgan fingerprint density at radius 2 is 1.76 bits per heavy atom. The number of hydrogen-bond donors (Lipinski definition) is 1. The zero-order valence-corrected chi connectivity index (χ0v) is 36.9. The largest absolute Gasteiger partial charge is 0.487 e. The number of anilines is 1. The lowest BCUT2D eigenvalue weighted by molar-refractivity contribution is -0.1000. The van der Waals surface area contributed by atoms with Gasteiger partial charge in [-0.2, -0.15) is 0 Å². The third-order valence-corrected chi connectivity index (χ3v) is 16.7. The van der Waals surface area contributed by atoms with Crippen molar-refractivity contribution in [1.29, 1.82) is 0 Å². The van der Waals surface area contributed by atoms with E-state index in [2.05, 4.69) is 42.5 Å². The highest BCUT2D eigenvalue weighted by Gasteiger charge is 2.49. The van der Waals surface area contributed by atoms with Crippen LogP contribution in [0.2, 0.25) is 5.02 Å². The van der Waals surface area contributed by atoms with E-state index < -0.39 is 26.8 Å². The molecule has 11 nitrogen and oxygen atoms in total. The molecular formula is C46H66ClN5O6S. The predicted octanol–water partition coefficient (Wildman–Crippen LogP) is 6.39. The van der Waals surface area contributed by atoms with Gasteiger partial charge in [0.15, 0.2) is 0 Å². The van der Waals surface area contributed by atoms with E-state index in [9.17, 15) is 13.2 Å². The van der Waals surface area contributed by atoms with Crippen LogP contribution in [0.4, 0.5) is 5.69 Å². The molecule has 0 aromatic heterocycles. The molecule has 1 N–H and O–H groups in total. The molecule has 59 heavy (non-hydrogen) atoms. The summed E-state index contributed by atoms with van der Waals surface area (Å²) in [6, 6.07) is 12.0. The second-order valence-corrected chi connectivity index (χ2v) is 20.5. The van der Waals surface area contributed by atoms with E-state index in [0.717, 1.165) is 101 Å². The Balaban J connectivity index is 1.15. The summed E-state index contributed by atoms with van der Waals surface area (Å²) in [6.45, 7) is 12.6. The van der Waals surface area contributed by atoms with Crippen LogP contribution >= 0.6 is 11.6 Å². The van der Waals surface area contributed by atoms with Crippen LogP contribution in [-0.2, 0) is 32.5 Å². The van der Waals surface area contributed by atoms with Gasteiger partial charge in [-0.05, 0) is 130 Å². The molecule has 0 radical (unpaired) electrons. The zero-order valence-electron chi connectivity index (χ0n) is 35.3. The summed E-state index contributed by atoms with van der Waals surface area (Å²) in [7, 11) is -2.18. The Morgan fingerprint density at radius 1 is 0.915 bits per heavy atom. The molecule has 5 aliphatic heterocycles. The maximum Gasteiger partial charge on any atom is 0.264 e. The highest BCUT2D eigenvalue weighted by molar-refractivity contribution is 7.90. The number of carbonyl (C=O) groups is 1. The van der Waals surface area contributed by atoms with Crippen LogP contribution in [0.1, 0.15) is 86.2 Å². The van der Waals surface area contributed by atoms with Crippen molar-refractivity contribution in [1.82, 2.24) is 19.4 Å². The number of carbonyl (C=O) groups excluding carboxylic acids is 1. The Hall–Kier alpha value is -2.71. The molecule has 3 saturated heterocycles. The number of allylic oxidation sites excluding steroid dienone is 1. The average Bonchev–Trinajstić information content (AvgIpc) is 3.25. The van der Waals surface area contributed by atoms with Crippen molar-refractivity contribution < 1.29 is 27.4 Å². The number of morpholine rings is 1. The molecular weight excluding hydrogens is 786 g/mol. The van der Waals surface area contributed by atoms with Gasteiger partial charge >= 0.3 is 0 Å². The van der Waals surface area contributed by atoms with Gasteiger partial charge in [-0.25, -0.2) is 13.1 Å². The zero-order chi connectivity index (χ0) is 41.0. The quantitative estimate of drug-likeness (QED) is 0.329. The maximum absolute atomic E-state index is 14.4. The van der Waals surface area contributed by atoms with Crippen LogP contribution < -0.4 is 14.4 Å². The van der Waals surface area contributed by atoms with Gasteiger partial charge in [0.25, 0.3) is 5.91 Å². The highest BCUT2D eigenvalue weighted by Crippen LogP contribution is 2.47. The average molecular weight is 853 g/mol. The molecule has 8 rings (SSSR count). The van der Waals surface area contributed by atoms with Crippen molar-refractivity contribution >= 4 is 33.2 Å². The Bertz CT molecular complexity index is 1910. The lowest BCUT2D eigenvalue weighted by atomic mass is 9.63. The molecule has 2 aromatic rings. The monoisotopic (exact) mass is 851 g/mol. The van der Waals surface area contributed by atoms with E-state index in [1.54, 1.807) is 6.07 Å². The molecule has 13 heteroatoms. The van der Waals surface area contributed by atoms with Crippen molar-refractivity contribution in [3.05, 3.63) is 70.3 Å². The number of nitrogens with one attached hydrogen (secondary N) is 1. The second kappa shape index (κ2) is 19.1. The SMILES string of the molecule is CO[C@]1(CN2CCN3CCCC[C@@H]3C2)/C=C/C[C@H](C)[C@@H](CCN2CCOCC2)S(=O)(=O)NC(=O)c2ccc3c(c2)N(CCCCc2cc(Cl)ccc2CO3)C[C@@H]2CC[C@H]21. The molecule has 6 aliphatic rings. The number of sulfonamides is 1. The van der Waals surface area contributed by atoms with E-state index in [0.29, 0.717) is 62.5 Å². The van der Waals surface area contributed by atoms with Gasteiger partial charge in [0.1, 0.15) is 18.0 Å². The van der Waals surface area contributed by atoms with Crippen molar-refractivity contribution in [2.24, 2.45) is 17.8 Å². The third kappa shape index (κ3) is 10.0. The summed E-state index contributed by atoms with van der Waals surface area (Å²) >= 11 is 6.46. The lowest BCUT2D eigenvalue weighted by Crippen LogP contribution is -2.61. The van der Waals surface area contributed by atoms with Gasteiger partial charge in [-0.15, -0.1) is 0 Å². The molecule has 2 bridgehead atoms. The number of halogens is 1. The molecule has 0 spiro atoms. The second-order valence-electron chi connectivity index (χ2n) is 18.2. The summed E-state index contributed by atoms with van der Waals surface area (Å²) in [4.78, 5) is 24.1. The molecule has 324 valence electrons. The molecule has 1 saturated carbocycles. The first-order valence-corrected chi connectivity index (χ1v) is 24.4. The van der Waals surface area contributed by atoms with Gasteiger partial charge in [0, 0.05) is 76.1 Å². The topological polar surface area (TPSA) is 104 Å². The Kier molecular flexibility index (Phi) is 13.9. The molecule has 6 atom stereocenters. The summed E-state index contributed by atoms with van der Waals surface area (Å²) in [5.41, 5.74) is 2.91. The minimum Gasteiger partial charge on any atom is -0.487 e. The Morgan fingerprint density at radius 3 is 2.58 bits per heavy atom. The first-order valence-electron chi connectivity index (χ1n) is 22.5. The number of piperazine rings is 1. The van der Waals surface area contributed by atoms with Crippen LogP contribution in [0.15, 0.2) is 48.6 Å². The minimum atomic E-state index is -4.07. The minimum absolute atomic E-state index is 0.239. The van der Waals surface area contributed by atoms with Crippen molar-refractivity contribution in [2.75, 3.05) is 90.7 Å². The van der Waals surface area contributed by atoms with Gasteiger partial charge < -0.3 is 19.1 Å². The highest BCUT2D eigenvalue weighted by atomic mass is 35.5. The fourth-order valence-electron chi connectivity index (χ4n) is 10.9. The number of methoxy groups -OCH3 is 1. The number of ether oxygens (including phenoxy) is 3. The van der Waals surface area contributed by atoms with Crippen molar-refractivity contribution in [2.45, 2.75) is 94.6 Å². The molecule has 1 aliphatic carbocycles. The van der Waals surface area contributed by atoms with Gasteiger partial charge in [-0.1, -0.05) is 43.2 Å². The summed E-state index contributed by atoms with van der Waals surface area (Å²) in [6.07, 6.45) is 14.3. The van der Waals surface area contributed by atoms with E-state index in [1.807, 2.05) is 38.3 Å². The molecule has 0 unspecified atom stereocenters. The number of hydrogen-bond acceptors (Lipinski definition) is 10. The first kappa shape index (κ1) is 43.0. The van der Waals surface area contributed by atoms with Crippen LogP contribution in [0.5, 0.6) is 5.75 Å². The Labute approximate surface area is 357 Å². The van der Waals surface area contributed by atoms with Gasteiger partial charge in [0.2, 0.25) is 10.0 Å². The van der Waals surface area contributed by atoms with Gasteiger partial charge in [-0.3, -0.25) is 19.5 Å². The first-order chi connectivity index (χ1) is 28.6. The number of nitrogens with zero attached hydrogens (tertiary/aromatic N) is 4. The van der Waals surface area contributed by atoms with E-state index in [1.165, 1.54) is 31.4 Å². The summed E-state index contributed by atoms with van der Waals surface area (Å²) in [5.74, 6) is 0.472.